The zero-order chi connectivity index (χ0) is 17.0. The van der Waals surface area contributed by atoms with Crippen LogP contribution in [0.1, 0.15) is 16.7 Å². The first-order valence-electron chi connectivity index (χ1n) is 6.55. The highest BCUT2D eigenvalue weighted by atomic mass is 19.4. The predicted octanol–water partition coefficient (Wildman–Crippen LogP) is 4.18. The number of aliphatic hydroxyl groups excluding tert-OH is 1. The third-order valence-electron chi connectivity index (χ3n) is 2.94. The van der Waals surface area contributed by atoms with E-state index >= 15 is 0 Å². The summed E-state index contributed by atoms with van der Waals surface area (Å²) in [4.78, 5) is 3.67. The van der Waals surface area contributed by atoms with Crippen molar-refractivity contribution in [1.29, 1.82) is 0 Å². The molecule has 0 bridgehead atoms. The van der Waals surface area contributed by atoms with Crippen LogP contribution < -0.4 is 4.74 Å². The first kappa shape index (κ1) is 17.0. The van der Waals surface area contributed by atoms with E-state index in [4.69, 9.17) is 9.84 Å². The van der Waals surface area contributed by atoms with Crippen LogP contribution in [0.2, 0.25) is 0 Å². The fraction of sp³-hybridized carbons (Fsp3) is 0.188. The summed E-state index contributed by atoms with van der Waals surface area (Å²) in [5.41, 5.74) is -0.403. The van der Waals surface area contributed by atoms with Crippen molar-refractivity contribution in [2.75, 3.05) is 7.05 Å². The highest BCUT2D eigenvalue weighted by Gasteiger charge is 2.31. The van der Waals surface area contributed by atoms with Gasteiger partial charge in [0.15, 0.2) is 11.6 Å². The molecule has 0 saturated heterocycles. The molecule has 0 spiro atoms. The van der Waals surface area contributed by atoms with E-state index in [0.29, 0.717) is 5.56 Å². The molecule has 2 rings (SSSR count). The van der Waals surface area contributed by atoms with Crippen molar-refractivity contribution in [3.05, 3.63) is 58.9 Å². The minimum atomic E-state index is -4.56. The largest absolute Gasteiger partial charge is 0.454 e. The molecule has 0 atom stereocenters. The highest BCUT2D eigenvalue weighted by molar-refractivity contribution is 5.80. The average molecular weight is 327 g/mol. The Morgan fingerprint density at radius 2 is 1.91 bits per heavy atom. The SMILES string of the molecule is CN=Cc1cc(Oc2ccc(CO)cc2F)cc(C(F)(F)F)c1. The topological polar surface area (TPSA) is 41.8 Å². The van der Waals surface area contributed by atoms with Crippen molar-refractivity contribution in [1.82, 2.24) is 0 Å². The lowest BCUT2D eigenvalue weighted by molar-refractivity contribution is -0.137. The number of benzene rings is 2. The second-order valence-corrected chi connectivity index (χ2v) is 4.70. The van der Waals surface area contributed by atoms with Crippen LogP contribution in [-0.2, 0) is 12.8 Å². The Labute approximate surface area is 129 Å². The summed E-state index contributed by atoms with van der Waals surface area (Å²) in [5.74, 6) is -1.18. The van der Waals surface area contributed by atoms with Gasteiger partial charge in [-0.15, -0.1) is 0 Å². The second-order valence-electron chi connectivity index (χ2n) is 4.70. The average Bonchev–Trinajstić information content (AvgIpc) is 2.48. The maximum Gasteiger partial charge on any atom is 0.416 e. The van der Waals surface area contributed by atoms with Crippen LogP contribution in [0.15, 0.2) is 41.4 Å². The van der Waals surface area contributed by atoms with E-state index in [1.54, 1.807) is 0 Å². The molecule has 2 aromatic rings. The molecule has 0 radical (unpaired) electrons. The number of aliphatic hydroxyl groups is 1. The molecule has 122 valence electrons. The summed E-state index contributed by atoms with van der Waals surface area (Å²) in [6, 6.07) is 6.74. The Kier molecular flexibility index (Phi) is 5.00. The molecule has 0 fully saturated rings. The van der Waals surface area contributed by atoms with Crippen LogP contribution >= 0.6 is 0 Å². The molecular formula is C16H13F4NO2. The molecule has 3 nitrogen and oxygen atoms in total. The Morgan fingerprint density at radius 1 is 1.17 bits per heavy atom. The van der Waals surface area contributed by atoms with Gasteiger partial charge >= 0.3 is 6.18 Å². The molecule has 0 aliphatic heterocycles. The smallest absolute Gasteiger partial charge is 0.416 e. The van der Waals surface area contributed by atoms with Gasteiger partial charge in [-0.25, -0.2) is 4.39 Å². The van der Waals surface area contributed by atoms with Crippen LogP contribution in [0.25, 0.3) is 0 Å². The number of aliphatic imine (C=N–C) groups is 1. The van der Waals surface area contributed by atoms with Gasteiger partial charge in [-0.05, 0) is 41.5 Å². The van der Waals surface area contributed by atoms with Gasteiger partial charge in [0.05, 0.1) is 12.2 Å². The van der Waals surface area contributed by atoms with Gasteiger partial charge in [0, 0.05) is 13.3 Å². The predicted molar refractivity (Wildman–Crippen MR) is 77.4 cm³/mol. The lowest BCUT2D eigenvalue weighted by Crippen LogP contribution is -2.06. The molecule has 0 aliphatic rings. The van der Waals surface area contributed by atoms with Crippen LogP contribution in [0.4, 0.5) is 17.6 Å². The van der Waals surface area contributed by atoms with E-state index in [1.165, 1.54) is 31.5 Å². The van der Waals surface area contributed by atoms with Crippen molar-refractivity contribution >= 4 is 6.21 Å². The second kappa shape index (κ2) is 6.78. The van der Waals surface area contributed by atoms with E-state index in [0.717, 1.165) is 18.2 Å². The third kappa shape index (κ3) is 4.29. The van der Waals surface area contributed by atoms with Gasteiger partial charge in [-0.2, -0.15) is 13.2 Å². The van der Waals surface area contributed by atoms with Crippen LogP contribution in [0.5, 0.6) is 11.5 Å². The van der Waals surface area contributed by atoms with Crippen LogP contribution in [-0.4, -0.2) is 18.4 Å². The molecule has 0 unspecified atom stereocenters. The number of hydrogen-bond donors (Lipinski definition) is 1. The van der Waals surface area contributed by atoms with Crippen LogP contribution in [0.3, 0.4) is 0 Å². The van der Waals surface area contributed by atoms with Crippen molar-refractivity contribution in [2.24, 2.45) is 4.99 Å². The maximum atomic E-state index is 13.8. The van der Waals surface area contributed by atoms with Gasteiger partial charge in [0.2, 0.25) is 0 Å². The number of rotatable bonds is 4. The van der Waals surface area contributed by atoms with Crippen molar-refractivity contribution in [3.63, 3.8) is 0 Å². The van der Waals surface area contributed by atoms with Gasteiger partial charge in [0.1, 0.15) is 5.75 Å². The fourth-order valence-electron chi connectivity index (χ4n) is 1.92. The first-order chi connectivity index (χ1) is 10.8. The van der Waals surface area contributed by atoms with Gasteiger partial charge in [-0.3, -0.25) is 4.99 Å². The lowest BCUT2D eigenvalue weighted by Gasteiger charge is -2.12. The van der Waals surface area contributed by atoms with Crippen molar-refractivity contribution < 1.29 is 27.4 Å². The molecule has 2 aromatic carbocycles. The van der Waals surface area contributed by atoms with E-state index in [9.17, 15) is 17.6 Å². The number of hydrogen-bond acceptors (Lipinski definition) is 3. The number of alkyl halides is 3. The normalized spacial score (nSPS) is 11.9. The summed E-state index contributed by atoms with van der Waals surface area (Å²) in [7, 11) is 1.42. The van der Waals surface area contributed by atoms with Gasteiger partial charge in [-0.1, -0.05) is 6.07 Å². The minimum absolute atomic E-state index is 0.162. The summed E-state index contributed by atoms with van der Waals surface area (Å²) in [6.07, 6.45) is -3.32. The molecule has 0 heterocycles. The van der Waals surface area contributed by atoms with E-state index in [1.807, 2.05) is 0 Å². The number of halogens is 4. The zero-order valence-electron chi connectivity index (χ0n) is 12.1. The molecular weight excluding hydrogens is 314 g/mol. The quantitative estimate of drug-likeness (QED) is 0.676. The number of ether oxygens (including phenoxy) is 1. The highest BCUT2D eigenvalue weighted by Crippen LogP contribution is 2.34. The van der Waals surface area contributed by atoms with E-state index < -0.39 is 17.6 Å². The standard InChI is InChI=1S/C16H13F4NO2/c1-21-8-11-4-12(16(18,19)20)7-13(5-11)23-15-3-2-10(9-22)6-14(15)17/h2-8,22H,9H2,1H3. The molecule has 0 amide bonds. The van der Waals surface area contributed by atoms with E-state index in [2.05, 4.69) is 4.99 Å². The van der Waals surface area contributed by atoms with Crippen LogP contribution in [0, 0.1) is 5.82 Å². The zero-order valence-corrected chi connectivity index (χ0v) is 12.1. The summed E-state index contributed by atoms with van der Waals surface area (Å²) in [5, 5.41) is 8.92. The molecule has 23 heavy (non-hydrogen) atoms. The van der Waals surface area contributed by atoms with Gasteiger partial charge < -0.3 is 9.84 Å². The monoisotopic (exact) mass is 327 g/mol. The molecule has 7 heteroatoms. The molecule has 0 aliphatic carbocycles. The van der Waals surface area contributed by atoms with Crippen molar-refractivity contribution in [2.45, 2.75) is 12.8 Å². The Balaban J connectivity index is 2.41. The lowest BCUT2D eigenvalue weighted by atomic mass is 10.1. The maximum absolute atomic E-state index is 13.8. The molecule has 0 aromatic heterocycles. The van der Waals surface area contributed by atoms with E-state index in [-0.39, 0.29) is 23.7 Å². The minimum Gasteiger partial charge on any atom is -0.454 e. The van der Waals surface area contributed by atoms with Gasteiger partial charge in [0.25, 0.3) is 0 Å². The molecule has 1 N–H and O–H groups in total. The first-order valence-corrected chi connectivity index (χ1v) is 6.55. The number of nitrogens with zero attached hydrogens (tertiary/aromatic N) is 1. The van der Waals surface area contributed by atoms with Crippen molar-refractivity contribution in [3.8, 4) is 11.5 Å². The molecule has 0 saturated carbocycles. The fourth-order valence-corrected chi connectivity index (χ4v) is 1.92. The summed E-state index contributed by atoms with van der Waals surface area (Å²) >= 11 is 0. The Bertz CT molecular complexity index is 727. The summed E-state index contributed by atoms with van der Waals surface area (Å²) in [6.45, 7) is -0.349. The third-order valence-corrected chi connectivity index (χ3v) is 2.94. The Hall–Kier alpha value is -2.41. The Morgan fingerprint density at radius 3 is 2.48 bits per heavy atom. The summed E-state index contributed by atoms with van der Waals surface area (Å²) < 4.78 is 57.7.